The van der Waals surface area contributed by atoms with E-state index in [1.807, 2.05) is 0 Å². The van der Waals surface area contributed by atoms with E-state index in [-0.39, 0.29) is 32.1 Å². The number of benzene rings is 2. The number of anilines is 1. The number of carbonyl (C=O) groups excluding carboxylic acids is 1. The Morgan fingerprint density at radius 2 is 1.91 bits per heavy atom. The molecule has 1 aromatic heterocycles. The molecular weight excluding hydrogens is 497 g/mol. The van der Waals surface area contributed by atoms with Gasteiger partial charge in [0.05, 0.1) is 21.4 Å². The number of aromatic nitrogens is 2. The number of rotatable bonds is 6. The Morgan fingerprint density at radius 3 is 2.50 bits per heavy atom. The number of nitriles is 1. The molecule has 0 aliphatic heterocycles. The highest BCUT2D eigenvalue weighted by molar-refractivity contribution is 7.99. The van der Waals surface area contributed by atoms with E-state index in [1.165, 1.54) is 30.3 Å². The molecule has 9 nitrogen and oxygen atoms in total. The van der Waals surface area contributed by atoms with Gasteiger partial charge < -0.3 is 10.3 Å². The van der Waals surface area contributed by atoms with Gasteiger partial charge in [0.1, 0.15) is 11.6 Å². The van der Waals surface area contributed by atoms with Crippen LogP contribution in [0.4, 0.5) is 5.69 Å². The maximum atomic E-state index is 12.3. The van der Waals surface area contributed by atoms with Crippen molar-refractivity contribution in [1.82, 2.24) is 9.97 Å². The zero-order valence-corrected chi connectivity index (χ0v) is 19.1. The second kappa shape index (κ2) is 9.72. The van der Waals surface area contributed by atoms with E-state index in [2.05, 4.69) is 15.3 Å². The topological polar surface area (TPSA) is 159 Å². The molecule has 164 valence electrons. The molecular formula is C19H13Cl2N5O4S2. The van der Waals surface area contributed by atoms with Crippen LogP contribution in [0.3, 0.4) is 0 Å². The number of nitrogens with zero attached hydrogens (tertiary/aromatic N) is 2. The largest absolute Gasteiger partial charge is 0.325 e. The predicted molar refractivity (Wildman–Crippen MR) is 122 cm³/mol. The summed E-state index contributed by atoms with van der Waals surface area (Å²) in [6.07, 6.45) is 0. The Bertz CT molecular complexity index is 1400. The number of H-pyrrole nitrogens is 1. The first-order valence-electron chi connectivity index (χ1n) is 8.64. The number of hydrogen-bond acceptors (Lipinski definition) is 7. The number of thioether (sulfide) groups is 1. The van der Waals surface area contributed by atoms with Gasteiger partial charge in [-0.05, 0) is 42.5 Å². The number of amides is 1. The first-order chi connectivity index (χ1) is 15.1. The summed E-state index contributed by atoms with van der Waals surface area (Å²) in [5, 5.41) is 17.7. The monoisotopic (exact) mass is 509 g/mol. The molecule has 0 bridgehead atoms. The third kappa shape index (κ3) is 5.67. The first kappa shape index (κ1) is 23.8. The maximum Gasteiger partial charge on any atom is 0.270 e. The molecule has 1 heterocycles. The second-order valence-electron chi connectivity index (χ2n) is 6.24. The molecule has 4 N–H and O–H groups in total. The van der Waals surface area contributed by atoms with Crippen LogP contribution in [0.25, 0.3) is 11.3 Å². The van der Waals surface area contributed by atoms with E-state index in [4.69, 9.17) is 28.3 Å². The molecule has 0 fully saturated rings. The summed E-state index contributed by atoms with van der Waals surface area (Å²) in [6.45, 7) is 0. The lowest BCUT2D eigenvalue weighted by Gasteiger charge is -2.09. The van der Waals surface area contributed by atoms with Crippen molar-refractivity contribution >= 4 is 56.6 Å². The minimum absolute atomic E-state index is 0.0689. The summed E-state index contributed by atoms with van der Waals surface area (Å²) in [7, 11) is -3.84. The molecule has 13 heteroatoms. The highest BCUT2D eigenvalue weighted by Crippen LogP contribution is 2.31. The van der Waals surface area contributed by atoms with Gasteiger partial charge in [-0.2, -0.15) is 5.26 Å². The molecule has 0 aliphatic carbocycles. The van der Waals surface area contributed by atoms with Crippen LogP contribution in [0.5, 0.6) is 0 Å². The van der Waals surface area contributed by atoms with Crippen LogP contribution < -0.4 is 16.0 Å². The second-order valence-corrected chi connectivity index (χ2v) is 9.61. The van der Waals surface area contributed by atoms with Crippen molar-refractivity contribution in [3.05, 3.63) is 68.4 Å². The standard InChI is InChI=1S/C19H13Cl2N5O4S2/c20-10-1-6-13(15(21)7-10)17-14(8-22)18(28)26-19(25-17)31-9-16(27)24-11-2-4-12(5-3-11)32(23,29)30/h1-7H,9H2,(H,24,27)(H2,23,29,30)(H,25,26,28). The number of hydrogen-bond donors (Lipinski definition) is 3. The SMILES string of the molecule is N#Cc1c(-c2ccc(Cl)cc2Cl)nc(SCC(=O)Nc2ccc(S(N)(=O)=O)cc2)[nH]c1=O. The Morgan fingerprint density at radius 1 is 1.22 bits per heavy atom. The molecule has 1 amide bonds. The minimum atomic E-state index is -3.84. The number of aromatic amines is 1. The molecule has 0 saturated carbocycles. The van der Waals surface area contributed by atoms with Crippen LogP contribution >= 0.6 is 35.0 Å². The van der Waals surface area contributed by atoms with Crippen LogP contribution in [0.2, 0.25) is 10.0 Å². The van der Waals surface area contributed by atoms with Gasteiger partial charge in [0.2, 0.25) is 15.9 Å². The molecule has 3 aromatic rings. The predicted octanol–water partition coefficient (Wildman–Crippen LogP) is 2.99. The number of nitrogens with two attached hydrogens (primary N) is 1. The quantitative estimate of drug-likeness (QED) is 0.340. The van der Waals surface area contributed by atoms with Crippen LogP contribution in [-0.4, -0.2) is 30.0 Å². The number of primary sulfonamides is 1. The molecule has 3 rings (SSSR count). The van der Waals surface area contributed by atoms with E-state index in [1.54, 1.807) is 18.2 Å². The van der Waals surface area contributed by atoms with Crippen molar-refractivity contribution in [2.45, 2.75) is 10.1 Å². The van der Waals surface area contributed by atoms with Crippen LogP contribution in [0.1, 0.15) is 5.56 Å². The van der Waals surface area contributed by atoms with E-state index in [0.29, 0.717) is 16.3 Å². The van der Waals surface area contributed by atoms with Gasteiger partial charge in [-0.3, -0.25) is 9.59 Å². The number of nitrogens with one attached hydrogen (secondary N) is 2. The number of halogens is 2. The highest BCUT2D eigenvalue weighted by Gasteiger charge is 2.17. The van der Waals surface area contributed by atoms with Crippen molar-refractivity contribution in [1.29, 1.82) is 5.26 Å². The number of sulfonamides is 1. The molecule has 0 unspecified atom stereocenters. The van der Waals surface area contributed by atoms with Crippen LogP contribution in [-0.2, 0) is 14.8 Å². The van der Waals surface area contributed by atoms with Gasteiger partial charge in [0.15, 0.2) is 5.16 Å². The van der Waals surface area contributed by atoms with Crippen molar-refractivity contribution < 1.29 is 13.2 Å². The van der Waals surface area contributed by atoms with E-state index in [0.717, 1.165) is 11.8 Å². The van der Waals surface area contributed by atoms with E-state index in [9.17, 15) is 23.3 Å². The van der Waals surface area contributed by atoms with E-state index >= 15 is 0 Å². The average Bonchev–Trinajstić information content (AvgIpc) is 2.71. The lowest BCUT2D eigenvalue weighted by molar-refractivity contribution is -0.113. The Kier molecular flexibility index (Phi) is 7.22. The Labute approximate surface area is 196 Å². The van der Waals surface area contributed by atoms with Gasteiger partial charge in [-0.15, -0.1) is 0 Å². The lowest BCUT2D eigenvalue weighted by atomic mass is 10.1. The smallest absolute Gasteiger partial charge is 0.270 e. The van der Waals surface area contributed by atoms with Gasteiger partial charge in [0.25, 0.3) is 5.56 Å². The zero-order valence-electron chi connectivity index (χ0n) is 15.9. The summed E-state index contributed by atoms with van der Waals surface area (Å²) >= 11 is 13.0. The molecule has 0 saturated heterocycles. The van der Waals surface area contributed by atoms with E-state index < -0.39 is 21.5 Å². The maximum absolute atomic E-state index is 12.3. The fraction of sp³-hybridized carbons (Fsp3) is 0.0526. The fourth-order valence-electron chi connectivity index (χ4n) is 2.56. The summed E-state index contributed by atoms with van der Waals surface area (Å²) < 4.78 is 22.6. The Hall–Kier alpha value is -2.88. The normalized spacial score (nSPS) is 11.1. The summed E-state index contributed by atoms with van der Waals surface area (Å²) in [6, 6.07) is 11.7. The van der Waals surface area contributed by atoms with Gasteiger partial charge in [-0.25, -0.2) is 18.5 Å². The first-order valence-corrected chi connectivity index (χ1v) is 11.9. The van der Waals surface area contributed by atoms with Gasteiger partial charge in [0, 0.05) is 16.3 Å². The van der Waals surface area contributed by atoms with Crippen molar-refractivity contribution in [3.8, 4) is 17.3 Å². The molecule has 2 aromatic carbocycles. The highest BCUT2D eigenvalue weighted by atomic mass is 35.5. The summed E-state index contributed by atoms with van der Waals surface area (Å²) in [4.78, 5) is 31.2. The van der Waals surface area contributed by atoms with Crippen LogP contribution in [0.15, 0.2) is 57.3 Å². The zero-order chi connectivity index (χ0) is 23.5. The molecule has 0 radical (unpaired) electrons. The number of carbonyl (C=O) groups is 1. The van der Waals surface area contributed by atoms with Crippen molar-refractivity contribution in [2.75, 3.05) is 11.1 Å². The third-order valence-electron chi connectivity index (χ3n) is 4.00. The third-order valence-corrected chi connectivity index (χ3v) is 6.35. The molecule has 0 atom stereocenters. The van der Waals surface area contributed by atoms with Gasteiger partial charge >= 0.3 is 0 Å². The minimum Gasteiger partial charge on any atom is -0.325 e. The van der Waals surface area contributed by atoms with Crippen molar-refractivity contribution in [2.24, 2.45) is 5.14 Å². The molecule has 32 heavy (non-hydrogen) atoms. The average molecular weight is 510 g/mol. The lowest BCUT2D eigenvalue weighted by Crippen LogP contribution is -2.17. The summed E-state index contributed by atoms with van der Waals surface area (Å²) in [5.74, 6) is -0.559. The Balaban J connectivity index is 1.78. The van der Waals surface area contributed by atoms with Crippen LogP contribution in [0, 0.1) is 11.3 Å². The fourth-order valence-corrected chi connectivity index (χ4v) is 4.23. The summed E-state index contributed by atoms with van der Waals surface area (Å²) in [5.41, 5.74) is -0.125. The molecule has 0 spiro atoms. The molecule has 0 aliphatic rings. The van der Waals surface area contributed by atoms with Crippen molar-refractivity contribution in [3.63, 3.8) is 0 Å². The van der Waals surface area contributed by atoms with Gasteiger partial charge in [-0.1, -0.05) is 35.0 Å².